The summed E-state index contributed by atoms with van der Waals surface area (Å²) in [6.07, 6.45) is 0.822. The number of rotatable bonds is 7. The lowest BCUT2D eigenvalue weighted by Crippen LogP contribution is -2.32. The zero-order valence-corrected chi connectivity index (χ0v) is 21.0. The molecule has 1 amide bonds. The quantitative estimate of drug-likeness (QED) is 0.385. The van der Waals surface area contributed by atoms with Crippen LogP contribution in [-0.4, -0.2) is 57.5 Å². The molecule has 4 rings (SSSR count). The molecular formula is C26H32ClN3O5. The van der Waals surface area contributed by atoms with Crippen molar-refractivity contribution in [2.24, 2.45) is 0 Å². The minimum Gasteiger partial charge on any atom is -0.508 e. The highest BCUT2D eigenvalue weighted by atomic mass is 35.5. The van der Waals surface area contributed by atoms with Crippen LogP contribution in [0.5, 0.6) is 11.5 Å². The Bertz CT molecular complexity index is 1210. The van der Waals surface area contributed by atoms with Gasteiger partial charge in [0.1, 0.15) is 17.2 Å². The fourth-order valence-corrected chi connectivity index (χ4v) is 4.48. The summed E-state index contributed by atoms with van der Waals surface area (Å²) in [7, 11) is 0. The normalized spacial score (nSPS) is 13.4. The number of hydrogen-bond acceptors (Lipinski definition) is 7. The molecule has 0 saturated carbocycles. The van der Waals surface area contributed by atoms with Crippen molar-refractivity contribution in [2.45, 2.75) is 39.7 Å². The van der Waals surface area contributed by atoms with Crippen LogP contribution in [0.25, 0.3) is 22.4 Å². The fourth-order valence-electron chi connectivity index (χ4n) is 4.48. The number of hydrogen-bond donors (Lipinski definition) is 4. The van der Waals surface area contributed by atoms with Crippen LogP contribution in [0.3, 0.4) is 0 Å². The van der Waals surface area contributed by atoms with E-state index >= 15 is 0 Å². The van der Waals surface area contributed by atoms with E-state index in [9.17, 15) is 20.1 Å². The molecule has 0 bridgehead atoms. The second-order valence-corrected chi connectivity index (χ2v) is 8.91. The lowest BCUT2D eigenvalue weighted by Gasteiger charge is -2.28. The van der Waals surface area contributed by atoms with E-state index in [1.165, 1.54) is 17.2 Å². The molecular weight excluding hydrogens is 470 g/mol. The van der Waals surface area contributed by atoms with E-state index in [-0.39, 0.29) is 48.1 Å². The van der Waals surface area contributed by atoms with Gasteiger partial charge in [-0.2, -0.15) is 0 Å². The molecule has 0 fully saturated rings. The van der Waals surface area contributed by atoms with Crippen LogP contribution in [0.15, 0.2) is 34.9 Å². The molecule has 4 N–H and O–H groups in total. The highest BCUT2D eigenvalue weighted by Crippen LogP contribution is 2.43. The van der Waals surface area contributed by atoms with Gasteiger partial charge in [-0.3, -0.25) is 9.69 Å². The number of nitrogens with one attached hydrogen (secondary N) is 1. The summed E-state index contributed by atoms with van der Waals surface area (Å²) in [4.78, 5) is 15.0. The molecule has 0 saturated heterocycles. The Labute approximate surface area is 211 Å². The number of aliphatic hydroxyl groups excluding tert-OH is 1. The SMILES string of the molecule is CCNC(=O)c1onc(-c2cc(C(C)C)c(O)cc2O)c1-c1ccc2c(c1)CCN(CCO)C2.Cl. The Hall–Kier alpha value is -3.07. The fraction of sp³-hybridized carbons (Fsp3) is 0.385. The molecule has 2 heterocycles. The molecule has 0 radical (unpaired) electrons. The third kappa shape index (κ3) is 5.29. The van der Waals surface area contributed by atoms with Crippen molar-refractivity contribution in [3.8, 4) is 33.9 Å². The van der Waals surface area contributed by atoms with Gasteiger partial charge in [-0.15, -0.1) is 12.4 Å². The van der Waals surface area contributed by atoms with Crippen molar-refractivity contribution in [3.05, 3.63) is 52.8 Å². The first kappa shape index (κ1) is 26.5. The highest BCUT2D eigenvalue weighted by molar-refractivity contribution is 6.02. The van der Waals surface area contributed by atoms with Gasteiger partial charge in [0.2, 0.25) is 5.76 Å². The van der Waals surface area contributed by atoms with Gasteiger partial charge in [-0.25, -0.2) is 0 Å². The third-order valence-corrected chi connectivity index (χ3v) is 6.26. The molecule has 8 nitrogen and oxygen atoms in total. The van der Waals surface area contributed by atoms with Gasteiger partial charge in [0.25, 0.3) is 5.91 Å². The van der Waals surface area contributed by atoms with Crippen molar-refractivity contribution in [3.63, 3.8) is 0 Å². The first-order valence-electron chi connectivity index (χ1n) is 11.6. The number of aromatic hydroxyl groups is 2. The number of benzene rings is 2. The van der Waals surface area contributed by atoms with Gasteiger partial charge in [-0.1, -0.05) is 37.2 Å². The number of carbonyl (C=O) groups is 1. The molecule has 1 aromatic heterocycles. The molecule has 188 valence electrons. The lowest BCUT2D eigenvalue weighted by molar-refractivity contribution is 0.0920. The number of aromatic nitrogens is 1. The highest BCUT2D eigenvalue weighted by Gasteiger charge is 2.28. The Morgan fingerprint density at radius 1 is 1.17 bits per heavy atom. The molecule has 2 aromatic carbocycles. The third-order valence-electron chi connectivity index (χ3n) is 6.26. The van der Waals surface area contributed by atoms with E-state index < -0.39 is 0 Å². The standard InChI is InChI=1S/C26H31N3O5.ClH/c1-4-27-26(33)25-23(17-5-6-18-14-29(9-10-30)8-7-16(18)11-17)24(28-34-25)20-12-19(15(2)3)21(31)13-22(20)32;/h5-6,11-13,15,30-32H,4,7-10,14H2,1-3H3,(H,27,33);1H. The van der Waals surface area contributed by atoms with Crippen LogP contribution in [-0.2, 0) is 13.0 Å². The second-order valence-electron chi connectivity index (χ2n) is 8.91. The van der Waals surface area contributed by atoms with Gasteiger partial charge in [0.05, 0.1) is 12.2 Å². The number of halogens is 1. The first-order valence-corrected chi connectivity index (χ1v) is 11.6. The van der Waals surface area contributed by atoms with Crippen molar-refractivity contribution in [1.82, 2.24) is 15.4 Å². The van der Waals surface area contributed by atoms with E-state index in [0.717, 1.165) is 25.1 Å². The zero-order chi connectivity index (χ0) is 24.4. The minimum atomic E-state index is -0.384. The van der Waals surface area contributed by atoms with Gasteiger partial charge in [-0.05, 0) is 47.6 Å². The van der Waals surface area contributed by atoms with Crippen LogP contribution >= 0.6 is 12.4 Å². The molecule has 1 aliphatic rings. The molecule has 0 spiro atoms. The maximum atomic E-state index is 12.8. The minimum absolute atomic E-state index is 0. The summed E-state index contributed by atoms with van der Waals surface area (Å²) in [5, 5.41) is 37.2. The number of amides is 1. The average Bonchev–Trinajstić information content (AvgIpc) is 3.24. The van der Waals surface area contributed by atoms with Crippen LogP contribution < -0.4 is 5.32 Å². The number of carbonyl (C=O) groups excluding carboxylic acids is 1. The molecule has 0 unspecified atom stereocenters. The van der Waals surface area contributed by atoms with Crippen molar-refractivity contribution in [2.75, 3.05) is 26.2 Å². The monoisotopic (exact) mass is 501 g/mol. The molecule has 0 atom stereocenters. The van der Waals surface area contributed by atoms with Crippen LogP contribution in [0.1, 0.15) is 53.9 Å². The van der Waals surface area contributed by atoms with E-state index in [0.29, 0.717) is 35.5 Å². The smallest absolute Gasteiger partial charge is 0.290 e. The van der Waals surface area contributed by atoms with E-state index in [1.807, 2.05) is 39.0 Å². The van der Waals surface area contributed by atoms with E-state index in [2.05, 4.69) is 15.4 Å². The summed E-state index contributed by atoms with van der Waals surface area (Å²) >= 11 is 0. The predicted octanol–water partition coefficient (Wildman–Crippen LogP) is 4.07. The van der Waals surface area contributed by atoms with Gasteiger partial charge >= 0.3 is 0 Å². The Morgan fingerprint density at radius 2 is 1.94 bits per heavy atom. The van der Waals surface area contributed by atoms with Gasteiger partial charge in [0.15, 0.2) is 0 Å². The number of β-amino-alcohol motifs (C(OH)–C–C–N with tert-alkyl or cyclic N) is 1. The first-order chi connectivity index (χ1) is 16.3. The lowest BCUT2D eigenvalue weighted by atomic mass is 9.91. The largest absolute Gasteiger partial charge is 0.508 e. The number of nitrogens with zero attached hydrogens (tertiary/aromatic N) is 2. The van der Waals surface area contributed by atoms with E-state index in [1.54, 1.807) is 6.07 Å². The summed E-state index contributed by atoms with van der Waals surface area (Å²) < 4.78 is 5.53. The van der Waals surface area contributed by atoms with E-state index in [4.69, 9.17) is 4.52 Å². The maximum Gasteiger partial charge on any atom is 0.290 e. The maximum absolute atomic E-state index is 12.8. The molecule has 35 heavy (non-hydrogen) atoms. The van der Waals surface area contributed by atoms with Gasteiger partial charge < -0.3 is 25.2 Å². The molecule has 3 aromatic rings. The van der Waals surface area contributed by atoms with Gasteiger partial charge in [0, 0.05) is 37.8 Å². The Balaban J connectivity index is 0.00000342. The summed E-state index contributed by atoms with van der Waals surface area (Å²) in [6, 6.07) is 9.01. The van der Waals surface area contributed by atoms with Crippen molar-refractivity contribution < 1.29 is 24.6 Å². The zero-order valence-electron chi connectivity index (χ0n) is 20.2. The van der Waals surface area contributed by atoms with Crippen LogP contribution in [0.4, 0.5) is 0 Å². The molecule has 0 aliphatic carbocycles. The summed E-state index contributed by atoms with van der Waals surface area (Å²) in [6.45, 7) is 8.51. The second kappa shape index (κ2) is 11.1. The predicted molar refractivity (Wildman–Crippen MR) is 136 cm³/mol. The van der Waals surface area contributed by atoms with Crippen LogP contribution in [0.2, 0.25) is 0 Å². The Kier molecular flexibility index (Phi) is 8.43. The number of phenols is 2. The molecule has 1 aliphatic heterocycles. The summed E-state index contributed by atoms with van der Waals surface area (Å²) in [5.41, 5.74) is 5.01. The van der Waals surface area contributed by atoms with Crippen molar-refractivity contribution in [1.29, 1.82) is 0 Å². The van der Waals surface area contributed by atoms with Crippen LogP contribution in [0, 0.1) is 0 Å². The number of aliphatic hydroxyl groups is 1. The average molecular weight is 502 g/mol. The number of fused-ring (bicyclic) bond motifs is 1. The number of phenolic OH excluding ortho intramolecular Hbond substituents is 2. The molecule has 9 heteroatoms. The topological polar surface area (TPSA) is 119 Å². The Morgan fingerprint density at radius 3 is 2.63 bits per heavy atom. The van der Waals surface area contributed by atoms with Crippen molar-refractivity contribution >= 4 is 18.3 Å². The summed E-state index contributed by atoms with van der Waals surface area (Å²) in [5.74, 6) is -0.426.